The van der Waals surface area contributed by atoms with E-state index in [0.29, 0.717) is 18.4 Å². The van der Waals surface area contributed by atoms with E-state index in [9.17, 15) is 39.0 Å². The van der Waals surface area contributed by atoms with E-state index in [1.54, 1.807) is 0 Å². The van der Waals surface area contributed by atoms with Crippen molar-refractivity contribution in [1.82, 2.24) is 16.0 Å². The zero-order valence-electron chi connectivity index (χ0n) is 20.6. The first-order valence-electron chi connectivity index (χ1n) is 11.7. The maximum atomic E-state index is 13.2. The standard InChI is InChI=1S/C23H34N6O9/c24-8-2-1-3-15(21(35)29-17(23(37)38)11-19(32)33)27-22(36)16(9-12-4-6-13(30)7-5-12)28-20(34)14(25)10-18(26)31/h4-7,14-17,30H,1-3,8-11,24-25H2,(H2,26,31)(H,27,36)(H,28,34)(H,29,35)(H,32,33)(H,37,38). The number of aromatic hydroxyl groups is 1. The van der Waals surface area contributed by atoms with Crippen LogP contribution in [0.3, 0.4) is 0 Å². The monoisotopic (exact) mass is 538 g/mol. The van der Waals surface area contributed by atoms with Gasteiger partial charge in [-0.05, 0) is 43.5 Å². The molecular weight excluding hydrogens is 504 g/mol. The molecule has 1 aromatic carbocycles. The minimum absolute atomic E-state index is 0.0340. The van der Waals surface area contributed by atoms with Crippen LogP contribution in [0.4, 0.5) is 0 Å². The number of nitrogens with one attached hydrogen (secondary N) is 3. The van der Waals surface area contributed by atoms with E-state index in [4.69, 9.17) is 22.3 Å². The van der Waals surface area contributed by atoms with Gasteiger partial charge >= 0.3 is 11.9 Å². The molecule has 0 saturated carbocycles. The van der Waals surface area contributed by atoms with E-state index < -0.39 is 72.6 Å². The Hall–Kier alpha value is -4.24. The Morgan fingerprint density at radius 1 is 0.789 bits per heavy atom. The van der Waals surface area contributed by atoms with Crippen molar-refractivity contribution in [2.45, 2.75) is 62.7 Å². The number of phenols is 1. The first-order valence-corrected chi connectivity index (χ1v) is 11.7. The van der Waals surface area contributed by atoms with Crippen LogP contribution in [0, 0.1) is 0 Å². The van der Waals surface area contributed by atoms with Gasteiger partial charge < -0.3 is 48.5 Å². The SMILES string of the molecule is NCCCCC(NC(=O)C(Cc1ccc(O)cc1)NC(=O)C(N)CC(N)=O)C(=O)NC(CC(=O)O)C(=O)O. The van der Waals surface area contributed by atoms with Crippen molar-refractivity contribution in [3.63, 3.8) is 0 Å². The molecule has 1 rings (SSSR count). The van der Waals surface area contributed by atoms with Gasteiger partial charge in [0.25, 0.3) is 0 Å². The summed E-state index contributed by atoms with van der Waals surface area (Å²) in [6.07, 6.45) is -0.591. The Morgan fingerprint density at radius 3 is 1.87 bits per heavy atom. The summed E-state index contributed by atoms with van der Waals surface area (Å²) in [6, 6.07) is 0.0465. The highest BCUT2D eigenvalue weighted by Gasteiger charge is 2.31. The zero-order chi connectivity index (χ0) is 28.8. The molecule has 0 saturated heterocycles. The Balaban J connectivity index is 3.15. The van der Waals surface area contributed by atoms with Crippen LogP contribution in [-0.2, 0) is 35.2 Å². The predicted molar refractivity (Wildman–Crippen MR) is 132 cm³/mol. The number of carboxylic acid groups (broad SMARTS) is 2. The van der Waals surface area contributed by atoms with Crippen molar-refractivity contribution >= 4 is 35.6 Å². The Kier molecular flexibility index (Phi) is 13.2. The fourth-order valence-electron chi connectivity index (χ4n) is 3.35. The van der Waals surface area contributed by atoms with Crippen LogP contribution in [0.5, 0.6) is 5.75 Å². The Bertz CT molecular complexity index is 1000. The largest absolute Gasteiger partial charge is 0.508 e. The number of hydrogen-bond donors (Lipinski definition) is 9. The highest BCUT2D eigenvalue weighted by molar-refractivity contribution is 5.95. The lowest BCUT2D eigenvalue weighted by Crippen LogP contribution is -2.58. The molecule has 0 aromatic heterocycles. The molecule has 4 unspecified atom stereocenters. The summed E-state index contributed by atoms with van der Waals surface area (Å²) < 4.78 is 0. The second-order valence-corrected chi connectivity index (χ2v) is 8.55. The zero-order valence-corrected chi connectivity index (χ0v) is 20.6. The Labute approximate surface area is 218 Å². The van der Waals surface area contributed by atoms with Crippen molar-refractivity contribution in [2.75, 3.05) is 6.54 Å². The molecule has 38 heavy (non-hydrogen) atoms. The minimum atomic E-state index is -1.74. The third kappa shape index (κ3) is 11.7. The van der Waals surface area contributed by atoms with Gasteiger partial charge in [-0.1, -0.05) is 12.1 Å². The van der Waals surface area contributed by atoms with Gasteiger partial charge in [-0.2, -0.15) is 0 Å². The molecule has 0 aliphatic heterocycles. The second-order valence-electron chi connectivity index (χ2n) is 8.55. The molecule has 0 heterocycles. The van der Waals surface area contributed by atoms with Crippen LogP contribution in [0.25, 0.3) is 0 Å². The summed E-state index contributed by atoms with van der Waals surface area (Å²) in [4.78, 5) is 72.1. The van der Waals surface area contributed by atoms with Crippen molar-refractivity contribution < 1.29 is 44.1 Å². The average Bonchev–Trinajstić information content (AvgIpc) is 2.82. The summed E-state index contributed by atoms with van der Waals surface area (Å²) in [5.41, 5.74) is 16.8. The van der Waals surface area contributed by atoms with Crippen LogP contribution in [-0.4, -0.2) is 81.6 Å². The van der Waals surface area contributed by atoms with Gasteiger partial charge in [0.2, 0.25) is 23.6 Å². The number of aliphatic carboxylic acids is 2. The lowest BCUT2D eigenvalue weighted by molar-refractivity contribution is -0.147. The number of carbonyl (C=O) groups is 6. The molecule has 0 aliphatic rings. The predicted octanol–water partition coefficient (Wildman–Crippen LogP) is -2.72. The number of primary amides is 1. The summed E-state index contributed by atoms with van der Waals surface area (Å²) in [6.45, 7) is 0.288. The highest BCUT2D eigenvalue weighted by atomic mass is 16.4. The number of rotatable bonds is 17. The maximum absolute atomic E-state index is 13.2. The molecule has 0 aliphatic carbocycles. The lowest BCUT2D eigenvalue weighted by Gasteiger charge is -2.25. The van der Waals surface area contributed by atoms with Gasteiger partial charge in [0.15, 0.2) is 0 Å². The first-order chi connectivity index (χ1) is 17.8. The van der Waals surface area contributed by atoms with E-state index in [1.165, 1.54) is 24.3 Å². The molecular formula is C23H34N6O9. The summed E-state index contributed by atoms with van der Waals surface area (Å²) >= 11 is 0. The quantitative estimate of drug-likeness (QED) is 0.0918. The van der Waals surface area contributed by atoms with Crippen molar-refractivity contribution in [3.8, 4) is 5.75 Å². The average molecular weight is 539 g/mol. The van der Waals surface area contributed by atoms with Crippen molar-refractivity contribution in [3.05, 3.63) is 29.8 Å². The third-order valence-corrected chi connectivity index (χ3v) is 5.34. The molecule has 15 nitrogen and oxygen atoms in total. The molecule has 0 bridgehead atoms. The molecule has 210 valence electrons. The van der Waals surface area contributed by atoms with Gasteiger partial charge in [-0.25, -0.2) is 4.79 Å². The molecule has 0 radical (unpaired) electrons. The topological polar surface area (TPSA) is 277 Å². The van der Waals surface area contributed by atoms with Crippen LogP contribution < -0.4 is 33.2 Å². The van der Waals surface area contributed by atoms with Crippen LogP contribution in [0.15, 0.2) is 24.3 Å². The van der Waals surface area contributed by atoms with Crippen LogP contribution in [0.1, 0.15) is 37.7 Å². The molecule has 4 amide bonds. The summed E-state index contributed by atoms with van der Waals surface area (Å²) in [5, 5.41) is 34.7. The smallest absolute Gasteiger partial charge is 0.326 e. The van der Waals surface area contributed by atoms with E-state index >= 15 is 0 Å². The molecule has 0 fully saturated rings. The number of nitrogens with two attached hydrogens (primary N) is 3. The van der Waals surface area contributed by atoms with Gasteiger partial charge in [0.05, 0.1) is 18.9 Å². The number of unbranched alkanes of at least 4 members (excludes halogenated alkanes) is 1. The fourth-order valence-corrected chi connectivity index (χ4v) is 3.35. The van der Waals surface area contributed by atoms with E-state index in [0.717, 1.165) is 0 Å². The number of amides is 4. The van der Waals surface area contributed by atoms with Gasteiger partial charge in [0.1, 0.15) is 23.9 Å². The normalized spacial score (nSPS) is 13.8. The third-order valence-electron chi connectivity index (χ3n) is 5.34. The van der Waals surface area contributed by atoms with Crippen molar-refractivity contribution in [2.24, 2.45) is 17.2 Å². The highest BCUT2D eigenvalue weighted by Crippen LogP contribution is 2.12. The van der Waals surface area contributed by atoms with Gasteiger partial charge in [-0.3, -0.25) is 24.0 Å². The summed E-state index contributed by atoms with van der Waals surface area (Å²) in [7, 11) is 0. The summed E-state index contributed by atoms with van der Waals surface area (Å²) in [5.74, 6) is -6.54. The number of hydrogen-bond acceptors (Lipinski definition) is 9. The maximum Gasteiger partial charge on any atom is 0.326 e. The lowest BCUT2D eigenvalue weighted by atomic mass is 10.0. The second kappa shape index (κ2) is 15.8. The van der Waals surface area contributed by atoms with E-state index in [2.05, 4.69) is 16.0 Å². The Morgan fingerprint density at radius 2 is 1.34 bits per heavy atom. The molecule has 15 heteroatoms. The van der Waals surface area contributed by atoms with Crippen molar-refractivity contribution in [1.29, 1.82) is 0 Å². The number of carboxylic acids is 2. The molecule has 4 atom stereocenters. The number of carbonyl (C=O) groups excluding carboxylic acids is 4. The number of phenolic OH excluding ortho intramolecular Hbond substituents is 1. The molecule has 12 N–H and O–H groups in total. The van der Waals surface area contributed by atoms with E-state index in [-0.39, 0.29) is 25.1 Å². The first kappa shape index (κ1) is 31.8. The van der Waals surface area contributed by atoms with E-state index in [1.807, 2.05) is 0 Å². The van der Waals surface area contributed by atoms with Gasteiger partial charge in [0, 0.05) is 6.42 Å². The fraction of sp³-hybridized carbons (Fsp3) is 0.478. The minimum Gasteiger partial charge on any atom is -0.508 e. The number of benzene rings is 1. The molecule has 0 spiro atoms. The van der Waals surface area contributed by atoms with Crippen LogP contribution in [0.2, 0.25) is 0 Å². The molecule has 1 aromatic rings. The van der Waals surface area contributed by atoms with Crippen LogP contribution >= 0.6 is 0 Å². The van der Waals surface area contributed by atoms with Gasteiger partial charge in [-0.15, -0.1) is 0 Å².